The van der Waals surface area contributed by atoms with Crippen LogP contribution in [0, 0.1) is 0 Å². The molecule has 0 N–H and O–H groups in total. The molecule has 77 heavy (non-hydrogen) atoms. The third kappa shape index (κ3) is 8.86. The van der Waals surface area contributed by atoms with E-state index in [9.17, 15) is 0 Å². The van der Waals surface area contributed by atoms with Crippen LogP contribution in [0.4, 0.5) is 34.1 Å². The Morgan fingerprint density at radius 2 is 0.649 bits per heavy atom. The zero-order valence-corrected chi connectivity index (χ0v) is 47.2. The summed E-state index contributed by atoms with van der Waals surface area (Å²) in [6.45, 7) is 27.5. The van der Waals surface area contributed by atoms with Crippen molar-refractivity contribution in [3.63, 3.8) is 0 Å². The van der Waals surface area contributed by atoms with E-state index in [1.807, 2.05) is 0 Å². The molecule has 0 aromatic heterocycles. The van der Waals surface area contributed by atoms with Gasteiger partial charge in [0.2, 0.25) is 0 Å². The summed E-state index contributed by atoms with van der Waals surface area (Å²) in [4.78, 5) is 4.87. The van der Waals surface area contributed by atoms with Crippen LogP contribution in [-0.4, -0.2) is 0 Å². The first-order chi connectivity index (χ1) is 36.7. The first-order valence-corrected chi connectivity index (χ1v) is 27.8. The van der Waals surface area contributed by atoms with Gasteiger partial charge in [-0.25, -0.2) is 0 Å². The Balaban J connectivity index is 1.07. The maximum Gasteiger partial charge on any atom is 0.0465 e. The molecular formula is C75H72N2. The molecule has 10 aromatic rings. The predicted octanol–water partition coefficient (Wildman–Crippen LogP) is 21.4. The molecule has 2 nitrogen and oxygen atoms in total. The Bertz CT molecular complexity index is 3730. The van der Waals surface area contributed by atoms with E-state index in [4.69, 9.17) is 0 Å². The largest absolute Gasteiger partial charge is 0.311 e. The lowest BCUT2D eigenvalue weighted by Gasteiger charge is -2.30. The number of nitrogens with zero attached hydrogens (tertiary/aromatic N) is 2. The fourth-order valence-electron chi connectivity index (χ4n) is 12.2. The van der Waals surface area contributed by atoms with E-state index in [0.29, 0.717) is 0 Å². The van der Waals surface area contributed by atoms with E-state index in [1.54, 1.807) is 0 Å². The molecule has 2 aliphatic carbocycles. The fourth-order valence-corrected chi connectivity index (χ4v) is 12.2. The van der Waals surface area contributed by atoms with Crippen LogP contribution in [0.1, 0.15) is 128 Å². The molecule has 1 unspecified atom stereocenters. The molecule has 2 aliphatic rings. The van der Waals surface area contributed by atoms with Gasteiger partial charge in [-0.3, -0.25) is 0 Å². The van der Waals surface area contributed by atoms with Gasteiger partial charge in [-0.2, -0.15) is 0 Å². The quantitative estimate of drug-likeness (QED) is 0.150. The van der Waals surface area contributed by atoms with Gasteiger partial charge in [-0.05, 0) is 195 Å². The number of fused-ring (bicyclic) bond motifs is 7. The summed E-state index contributed by atoms with van der Waals surface area (Å²) in [5.74, 6) is -0.0413. The summed E-state index contributed by atoms with van der Waals surface area (Å²) in [7, 11) is 0. The van der Waals surface area contributed by atoms with Crippen LogP contribution in [0.3, 0.4) is 0 Å². The third-order valence-electron chi connectivity index (χ3n) is 16.6. The number of hydrogen-bond acceptors (Lipinski definition) is 2. The van der Waals surface area contributed by atoms with Crippen LogP contribution in [0.15, 0.2) is 212 Å². The van der Waals surface area contributed by atoms with Crippen molar-refractivity contribution in [1.29, 1.82) is 0 Å². The highest BCUT2D eigenvalue weighted by Crippen LogP contribution is 2.58. The average molecular weight is 1000 g/mol. The number of rotatable bonds is 8. The van der Waals surface area contributed by atoms with E-state index in [1.165, 1.54) is 94.2 Å². The Labute approximate surface area is 458 Å². The lowest BCUT2D eigenvalue weighted by Crippen LogP contribution is -2.15. The topological polar surface area (TPSA) is 6.48 Å². The zero-order chi connectivity index (χ0) is 53.8. The lowest BCUT2D eigenvalue weighted by atomic mass is 9.82. The standard InChI is InChI=1S/C75H72N2/c1-72(2,3)49-26-36-54(37-27-49)76(55-38-28-50(29-39-55)73(4,5)6)53-34-24-48(25-35-53)59-45-44-58(77(56-40-30-51(31-41-56)74(7,8)9)57-42-32-52(33-43-57)75(10,11)12)46-66(59)71-64-21-16-15-20-63(64)70-65-23-17-22-62-60-18-13-14-19-61(60)67(69(62)65)47-68(70)71/h13-47,71H,1-12H3. The van der Waals surface area contributed by atoms with Crippen molar-refractivity contribution < 1.29 is 0 Å². The molecule has 0 saturated heterocycles. The highest BCUT2D eigenvalue weighted by molar-refractivity contribution is 6.20. The lowest BCUT2D eigenvalue weighted by molar-refractivity contribution is 0.590. The number of hydrogen-bond donors (Lipinski definition) is 0. The maximum atomic E-state index is 2.55. The maximum absolute atomic E-state index is 2.55. The minimum atomic E-state index is -0.0413. The van der Waals surface area contributed by atoms with Crippen LogP contribution < -0.4 is 9.80 Å². The Kier molecular flexibility index (Phi) is 11.9. The highest BCUT2D eigenvalue weighted by Gasteiger charge is 2.36. The molecule has 1 atom stereocenters. The number of benzene rings is 10. The van der Waals surface area contributed by atoms with Crippen molar-refractivity contribution >= 4 is 44.9 Å². The van der Waals surface area contributed by atoms with Gasteiger partial charge in [0, 0.05) is 40.0 Å². The molecule has 0 heterocycles. The van der Waals surface area contributed by atoms with E-state index in [2.05, 4.69) is 305 Å². The summed E-state index contributed by atoms with van der Waals surface area (Å²) in [6, 6.07) is 81.1. The molecule has 0 radical (unpaired) electrons. The molecule has 0 aliphatic heterocycles. The van der Waals surface area contributed by atoms with Crippen molar-refractivity contribution in [1.82, 2.24) is 0 Å². The Morgan fingerprint density at radius 1 is 0.273 bits per heavy atom. The molecule has 0 saturated carbocycles. The van der Waals surface area contributed by atoms with Gasteiger partial charge in [-0.15, -0.1) is 0 Å². The van der Waals surface area contributed by atoms with Gasteiger partial charge in [0.1, 0.15) is 0 Å². The Hall–Kier alpha value is -7.94. The van der Waals surface area contributed by atoms with E-state index in [0.717, 1.165) is 34.1 Å². The van der Waals surface area contributed by atoms with Crippen LogP contribution in [-0.2, 0) is 21.7 Å². The summed E-state index contributed by atoms with van der Waals surface area (Å²) in [6.07, 6.45) is 0. The molecule has 2 heteroatoms. The summed E-state index contributed by atoms with van der Waals surface area (Å²) in [5.41, 5.74) is 26.5. The van der Waals surface area contributed by atoms with Crippen LogP contribution >= 0.6 is 0 Å². The van der Waals surface area contributed by atoms with Crippen LogP contribution in [0.25, 0.3) is 55.3 Å². The van der Waals surface area contributed by atoms with Gasteiger partial charge in [-0.1, -0.05) is 217 Å². The molecule has 12 rings (SSSR count). The van der Waals surface area contributed by atoms with Gasteiger partial charge in [0.15, 0.2) is 0 Å². The van der Waals surface area contributed by atoms with Crippen molar-refractivity contribution in [2.75, 3.05) is 9.80 Å². The average Bonchev–Trinajstić information content (AvgIpc) is 4.18. The van der Waals surface area contributed by atoms with Crippen molar-refractivity contribution in [2.45, 2.75) is 111 Å². The first kappa shape index (κ1) is 49.9. The molecular weight excluding hydrogens is 929 g/mol. The molecule has 0 spiro atoms. The molecule has 0 bridgehead atoms. The van der Waals surface area contributed by atoms with Crippen molar-refractivity contribution in [3.8, 4) is 44.5 Å². The predicted molar refractivity (Wildman–Crippen MR) is 331 cm³/mol. The molecule has 0 amide bonds. The number of anilines is 6. The van der Waals surface area contributed by atoms with E-state index < -0.39 is 0 Å². The fraction of sp³-hybridized carbons (Fsp3) is 0.227. The van der Waals surface area contributed by atoms with Crippen molar-refractivity contribution in [3.05, 3.63) is 251 Å². The normalized spacial score (nSPS) is 13.8. The second kappa shape index (κ2) is 18.4. The van der Waals surface area contributed by atoms with E-state index >= 15 is 0 Å². The summed E-state index contributed by atoms with van der Waals surface area (Å²) >= 11 is 0. The van der Waals surface area contributed by atoms with Crippen LogP contribution in [0.5, 0.6) is 0 Å². The van der Waals surface area contributed by atoms with Gasteiger partial charge in [0.05, 0.1) is 0 Å². The van der Waals surface area contributed by atoms with Gasteiger partial charge < -0.3 is 9.80 Å². The minimum absolute atomic E-state index is 0.0297. The molecule has 382 valence electrons. The van der Waals surface area contributed by atoms with Gasteiger partial charge >= 0.3 is 0 Å². The van der Waals surface area contributed by atoms with Crippen molar-refractivity contribution in [2.24, 2.45) is 0 Å². The van der Waals surface area contributed by atoms with Gasteiger partial charge in [0.25, 0.3) is 0 Å². The van der Waals surface area contributed by atoms with E-state index in [-0.39, 0.29) is 27.6 Å². The molecule has 0 fully saturated rings. The summed E-state index contributed by atoms with van der Waals surface area (Å²) < 4.78 is 0. The SMILES string of the molecule is CC(C)(C)c1ccc(N(c2ccc(-c3ccc(N(c4ccc(C(C)(C)C)cc4)c4ccc(C(C)(C)C)cc4)cc3C3c4ccccc4-c4c3cc3c5c(cccc45)-c4ccccc4-3)cc2)c2ccc(C(C)(C)C)cc2)cc1. The summed E-state index contributed by atoms with van der Waals surface area (Å²) in [5, 5.41) is 2.69. The Morgan fingerprint density at radius 3 is 1.10 bits per heavy atom. The zero-order valence-electron chi connectivity index (χ0n) is 47.2. The second-order valence-corrected chi connectivity index (χ2v) is 25.9. The highest BCUT2D eigenvalue weighted by atomic mass is 15.1. The minimum Gasteiger partial charge on any atom is -0.311 e. The third-order valence-corrected chi connectivity index (χ3v) is 16.6. The second-order valence-electron chi connectivity index (χ2n) is 25.9. The first-order valence-electron chi connectivity index (χ1n) is 27.8. The molecule has 10 aromatic carbocycles. The monoisotopic (exact) mass is 1000 g/mol. The smallest absolute Gasteiger partial charge is 0.0465 e. The van der Waals surface area contributed by atoms with Crippen LogP contribution in [0.2, 0.25) is 0 Å².